The van der Waals surface area contributed by atoms with Crippen LogP contribution in [-0.2, 0) is 0 Å². The normalized spacial score (nSPS) is 14.7. The SMILES string of the molecule is COc1ccnc(NCC2CN(c3ccc(C)nn3)C2)n1. The minimum atomic E-state index is 0.558. The number of aromatic nitrogens is 4. The zero-order valence-electron chi connectivity index (χ0n) is 12.2. The zero-order chi connectivity index (χ0) is 14.7. The Morgan fingerprint density at radius 1 is 1.29 bits per heavy atom. The van der Waals surface area contributed by atoms with Crippen molar-refractivity contribution < 1.29 is 4.74 Å². The number of hydrogen-bond donors (Lipinski definition) is 1. The van der Waals surface area contributed by atoms with E-state index in [2.05, 4.69) is 30.4 Å². The van der Waals surface area contributed by atoms with Crippen LogP contribution in [0, 0.1) is 12.8 Å². The molecular formula is C14H18N6O. The summed E-state index contributed by atoms with van der Waals surface area (Å²) in [6, 6.07) is 5.72. The van der Waals surface area contributed by atoms with Gasteiger partial charge in [0.15, 0.2) is 5.82 Å². The first-order valence-corrected chi connectivity index (χ1v) is 6.91. The number of ether oxygens (including phenoxy) is 1. The number of nitrogens with one attached hydrogen (secondary N) is 1. The highest BCUT2D eigenvalue weighted by Gasteiger charge is 2.27. The molecule has 0 amide bonds. The van der Waals surface area contributed by atoms with Gasteiger partial charge in [-0.2, -0.15) is 10.1 Å². The summed E-state index contributed by atoms with van der Waals surface area (Å²) in [5.41, 5.74) is 0.938. The maximum absolute atomic E-state index is 5.07. The van der Waals surface area contributed by atoms with Crippen LogP contribution in [0.15, 0.2) is 24.4 Å². The number of hydrogen-bond acceptors (Lipinski definition) is 7. The predicted molar refractivity (Wildman–Crippen MR) is 79.5 cm³/mol. The fourth-order valence-corrected chi connectivity index (χ4v) is 2.22. The lowest BCUT2D eigenvalue weighted by molar-refractivity contribution is 0.396. The van der Waals surface area contributed by atoms with Gasteiger partial charge in [0.2, 0.25) is 11.8 Å². The summed E-state index contributed by atoms with van der Waals surface area (Å²) >= 11 is 0. The van der Waals surface area contributed by atoms with Gasteiger partial charge in [-0.25, -0.2) is 4.98 Å². The molecule has 1 aliphatic rings. The van der Waals surface area contributed by atoms with E-state index in [0.717, 1.165) is 31.1 Å². The third kappa shape index (κ3) is 3.18. The van der Waals surface area contributed by atoms with Gasteiger partial charge in [0.25, 0.3) is 0 Å². The van der Waals surface area contributed by atoms with Gasteiger partial charge in [-0.15, -0.1) is 5.10 Å². The Morgan fingerprint density at radius 2 is 2.14 bits per heavy atom. The van der Waals surface area contributed by atoms with Crippen molar-refractivity contribution in [2.45, 2.75) is 6.92 Å². The van der Waals surface area contributed by atoms with Crippen LogP contribution in [0.4, 0.5) is 11.8 Å². The maximum Gasteiger partial charge on any atom is 0.225 e. The zero-order valence-corrected chi connectivity index (χ0v) is 12.2. The van der Waals surface area contributed by atoms with Gasteiger partial charge in [-0.3, -0.25) is 0 Å². The first kappa shape index (κ1) is 13.5. The summed E-state index contributed by atoms with van der Waals surface area (Å²) in [5, 5.41) is 11.5. The summed E-state index contributed by atoms with van der Waals surface area (Å²) in [6.45, 7) is 4.71. The van der Waals surface area contributed by atoms with Gasteiger partial charge in [-0.05, 0) is 19.1 Å². The Labute approximate surface area is 123 Å². The minimum Gasteiger partial charge on any atom is -0.481 e. The maximum atomic E-state index is 5.07. The molecule has 7 nitrogen and oxygen atoms in total. The number of anilines is 2. The molecule has 0 radical (unpaired) electrons. The van der Waals surface area contributed by atoms with Crippen LogP contribution in [0.3, 0.4) is 0 Å². The monoisotopic (exact) mass is 286 g/mol. The molecule has 7 heteroatoms. The Bertz CT molecular complexity index is 597. The second kappa shape index (κ2) is 5.90. The average molecular weight is 286 g/mol. The van der Waals surface area contributed by atoms with Crippen LogP contribution in [-0.4, -0.2) is 46.9 Å². The summed E-state index contributed by atoms with van der Waals surface area (Å²) in [6.07, 6.45) is 1.68. The standard InChI is InChI=1S/C14H18N6O/c1-10-3-4-12(19-18-10)20-8-11(9-20)7-16-14-15-6-5-13(17-14)21-2/h3-6,11H,7-9H2,1-2H3,(H,15,16,17). The van der Waals surface area contributed by atoms with Crippen LogP contribution >= 0.6 is 0 Å². The van der Waals surface area contributed by atoms with Crippen LogP contribution in [0.25, 0.3) is 0 Å². The number of methoxy groups -OCH3 is 1. The first-order chi connectivity index (χ1) is 10.2. The van der Waals surface area contributed by atoms with Gasteiger partial charge >= 0.3 is 0 Å². The number of rotatable bonds is 5. The summed E-state index contributed by atoms with van der Waals surface area (Å²) < 4.78 is 5.07. The van der Waals surface area contributed by atoms with Crippen LogP contribution in [0.5, 0.6) is 5.88 Å². The molecule has 2 aromatic heterocycles. The second-order valence-electron chi connectivity index (χ2n) is 5.11. The van der Waals surface area contributed by atoms with E-state index in [4.69, 9.17) is 4.74 Å². The van der Waals surface area contributed by atoms with Crippen LogP contribution < -0.4 is 15.0 Å². The molecule has 0 spiro atoms. The lowest BCUT2D eigenvalue weighted by atomic mass is 10.0. The van der Waals surface area contributed by atoms with Crippen molar-refractivity contribution in [3.63, 3.8) is 0 Å². The molecule has 1 aliphatic heterocycles. The lowest BCUT2D eigenvalue weighted by Crippen LogP contribution is -2.50. The predicted octanol–water partition coefficient (Wildman–Crippen LogP) is 1.13. The molecule has 0 bridgehead atoms. The fourth-order valence-electron chi connectivity index (χ4n) is 2.22. The quantitative estimate of drug-likeness (QED) is 0.883. The van der Waals surface area contributed by atoms with Crippen molar-refractivity contribution >= 4 is 11.8 Å². The highest BCUT2D eigenvalue weighted by Crippen LogP contribution is 2.22. The summed E-state index contributed by atoms with van der Waals surface area (Å²) in [7, 11) is 1.60. The molecule has 0 atom stereocenters. The molecule has 2 aromatic rings. The molecule has 110 valence electrons. The molecule has 3 rings (SSSR count). The minimum absolute atomic E-state index is 0.558. The molecule has 1 N–H and O–H groups in total. The average Bonchev–Trinajstić information content (AvgIpc) is 2.47. The van der Waals surface area contributed by atoms with E-state index in [1.54, 1.807) is 19.4 Å². The molecule has 0 unspecified atom stereocenters. The highest BCUT2D eigenvalue weighted by atomic mass is 16.5. The van der Waals surface area contributed by atoms with E-state index in [1.807, 2.05) is 19.1 Å². The molecule has 1 saturated heterocycles. The van der Waals surface area contributed by atoms with E-state index < -0.39 is 0 Å². The van der Waals surface area contributed by atoms with E-state index in [-0.39, 0.29) is 0 Å². The molecule has 0 aromatic carbocycles. The first-order valence-electron chi connectivity index (χ1n) is 6.91. The Balaban J connectivity index is 1.47. The molecule has 21 heavy (non-hydrogen) atoms. The highest BCUT2D eigenvalue weighted by molar-refractivity contribution is 5.41. The lowest BCUT2D eigenvalue weighted by Gasteiger charge is -2.39. The van der Waals surface area contributed by atoms with Crippen molar-refractivity contribution in [1.82, 2.24) is 20.2 Å². The topological polar surface area (TPSA) is 76.1 Å². The number of aryl methyl sites for hydroxylation is 1. The van der Waals surface area contributed by atoms with Crippen LogP contribution in [0.1, 0.15) is 5.69 Å². The second-order valence-corrected chi connectivity index (χ2v) is 5.11. The molecule has 0 saturated carbocycles. The van der Waals surface area contributed by atoms with E-state index in [0.29, 0.717) is 17.7 Å². The van der Waals surface area contributed by atoms with E-state index in [9.17, 15) is 0 Å². The smallest absolute Gasteiger partial charge is 0.225 e. The van der Waals surface area contributed by atoms with Crippen molar-refractivity contribution in [3.05, 3.63) is 30.1 Å². The molecular weight excluding hydrogens is 268 g/mol. The largest absolute Gasteiger partial charge is 0.481 e. The van der Waals surface area contributed by atoms with Gasteiger partial charge in [0, 0.05) is 37.8 Å². The summed E-state index contributed by atoms with van der Waals surface area (Å²) in [5.74, 6) is 2.66. The van der Waals surface area contributed by atoms with Crippen molar-refractivity contribution in [2.75, 3.05) is 37.0 Å². The van der Waals surface area contributed by atoms with Crippen LogP contribution in [0.2, 0.25) is 0 Å². The van der Waals surface area contributed by atoms with Crippen molar-refractivity contribution in [1.29, 1.82) is 0 Å². The van der Waals surface area contributed by atoms with Gasteiger partial charge < -0.3 is 15.0 Å². The van der Waals surface area contributed by atoms with Crippen molar-refractivity contribution in [3.8, 4) is 5.88 Å². The molecule has 1 fully saturated rings. The van der Waals surface area contributed by atoms with E-state index in [1.165, 1.54) is 0 Å². The van der Waals surface area contributed by atoms with Gasteiger partial charge in [-0.1, -0.05) is 0 Å². The summed E-state index contributed by atoms with van der Waals surface area (Å²) in [4.78, 5) is 10.6. The Hall–Kier alpha value is -2.44. The van der Waals surface area contributed by atoms with Gasteiger partial charge in [0.05, 0.1) is 12.8 Å². The molecule has 0 aliphatic carbocycles. The fraction of sp³-hybridized carbons (Fsp3) is 0.429. The third-order valence-corrected chi connectivity index (χ3v) is 3.45. The number of nitrogens with zero attached hydrogens (tertiary/aromatic N) is 5. The Morgan fingerprint density at radius 3 is 2.86 bits per heavy atom. The van der Waals surface area contributed by atoms with Crippen molar-refractivity contribution in [2.24, 2.45) is 5.92 Å². The van der Waals surface area contributed by atoms with Gasteiger partial charge in [0.1, 0.15) is 0 Å². The third-order valence-electron chi connectivity index (χ3n) is 3.45. The molecule has 3 heterocycles. The Kier molecular flexibility index (Phi) is 3.81. The van der Waals surface area contributed by atoms with E-state index >= 15 is 0 Å².